The van der Waals surface area contributed by atoms with E-state index in [1.165, 1.54) is 29.5 Å². The van der Waals surface area contributed by atoms with Crippen molar-refractivity contribution in [3.63, 3.8) is 0 Å². The molecule has 0 fully saturated rings. The van der Waals surface area contributed by atoms with E-state index in [1.54, 1.807) is 18.2 Å². The van der Waals surface area contributed by atoms with Gasteiger partial charge in [0.1, 0.15) is 10.4 Å². The number of fused-ring (bicyclic) bond motifs is 3. The van der Waals surface area contributed by atoms with Crippen LogP contribution in [0.15, 0.2) is 57.5 Å². The monoisotopic (exact) mass is 442 g/mol. The number of rotatable bonds is 6. The quantitative estimate of drug-likeness (QED) is 0.411. The third-order valence-electron chi connectivity index (χ3n) is 5.04. The zero-order valence-corrected chi connectivity index (χ0v) is 18.2. The highest BCUT2D eigenvalue weighted by Crippen LogP contribution is 2.39. The molecule has 0 aliphatic heterocycles. The Bertz CT molecular complexity index is 1380. The highest BCUT2D eigenvalue weighted by molar-refractivity contribution is 7.89. The van der Waals surface area contributed by atoms with Crippen LogP contribution in [-0.4, -0.2) is 25.1 Å². The third kappa shape index (κ3) is 3.74. The van der Waals surface area contributed by atoms with E-state index >= 15 is 0 Å². The summed E-state index contributed by atoms with van der Waals surface area (Å²) in [6, 6.07) is 11.5. The fraction of sp³-hybridized carbons (Fsp3) is 0.227. The SMILES string of the molecule is CC(C)CCNS(=O)(=O)c1ccc(-c2c(O)ccc3[nH]c(=O)c4sccc4c23)cc1. The minimum Gasteiger partial charge on any atom is -0.507 e. The van der Waals surface area contributed by atoms with Crippen molar-refractivity contribution >= 4 is 42.3 Å². The smallest absolute Gasteiger partial charge is 0.266 e. The van der Waals surface area contributed by atoms with E-state index < -0.39 is 10.0 Å². The predicted molar refractivity (Wildman–Crippen MR) is 122 cm³/mol. The summed E-state index contributed by atoms with van der Waals surface area (Å²) in [5.41, 5.74) is 1.67. The molecule has 0 aliphatic rings. The van der Waals surface area contributed by atoms with Gasteiger partial charge in [-0.3, -0.25) is 4.79 Å². The number of phenols is 1. The Morgan fingerprint density at radius 1 is 1.10 bits per heavy atom. The van der Waals surface area contributed by atoms with Crippen LogP contribution in [0.5, 0.6) is 5.75 Å². The van der Waals surface area contributed by atoms with Gasteiger partial charge in [0.05, 0.1) is 4.90 Å². The van der Waals surface area contributed by atoms with Crippen molar-refractivity contribution in [2.24, 2.45) is 5.92 Å². The van der Waals surface area contributed by atoms with Crippen LogP contribution in [0.3, 0.4) is 0 Å². The van der Waals surface area contributed by atoms with Gasteiger partial charge >= 0.3 is 0 Å². The van der Waals surface area contributed by atoms with Gasteiger partial charge < -0.3 is 10.1 Å². The van der Waals surface area contributed by atoms with Gasteiger partial charge in [-0.1, -0.05) is 26.0 Å². The van der Waals surface area contributed by atoms with Crippen LogP contribution < -0.4 is 10.3 Å². The number of thiophene rings is 1. The van der Waals surface area contributed by atoms with Crippen molar-refractivity contribution in [2.45, 2.75) is 25.2 Å². The standard InChI is InChI=1S/C22H22N2O4S2/c1-13(2)9-11-23-30(27,28)15-5-3-14(4-6-15)19-18(25)8-7-17-20(19)16-10-12-29-21(16)22(26)24-17/h3-8,10,12-13,23,25H,9,11H2,1-2H3,(H,24,26). The molecule has 4 rings (SSSR count). The maximum Gasteiger partial charge on any atom is 0.266 e. The number of benzene rings is 2. The Labute approximate surface area is 178 Å². The molecule has 0 saturated heterocycles. The van der Waals surface area contributed by atoms with Crippen molar-refractivity contribution in [3.8, 4) is 16.9 Å². The first kappa shape index (κ1) is 20.6. The molecule has 2 aromatic heterocycles. The summed E-state index contributed by atoms with van der Waals surface area (Å²) in [4.78, 5) is 15.3. The Kier molecular flexibility index (Phi) is 5.40. The summed E-state index contributed by atoms with van der Waals surface area (Å²) in [6.45, 7) is 4.46. The van der Waals surface area contributed by atoms with E-state index in [0.29, 0.717) is 33.8 Å². The first-order valence-corrected chi connectivity index (χ1v) is 12.0. The van der Waals surface area contributed by atoms with Gasteiger partial charge in [-0.15, -0.1) is 11.3 Å². The number of phenolic OH excluding ortho intramolecular Hbond substituents is 1. The molecule has 8 heteroatoms. The number of hydrogen-bond acceptors (Lipinski definition) is 5. The van der Waals surface area contributed by atoms with Gasteiger partial charge in [-0.25, -0.2) is 13.1 Å². The molecular weight excluding hydrogens is 420 g/mol. The molecule has 2 aromatic carbocycles. The number of aromatic nitrogens is 1. The van der Waals surface area contributed by atoms with E-state index in [4.69, 9.17) is 0 Å². The Balaban J connectivity index is 1.79. The van der Waals surface area contributed by atoms with Crippen LogP contribution in [-0.2, 0) is 10.0 Å². The Morgan fingerprint density at radius 3 is 2.53 bits per heavy atom. The molecule has 0 atom stereocenters. The average molecular weight is 443 g/mol. The largest absolute Gasteiger partial charge is 0.507 e. The summed E-state index contributed by atoms with van der Waals surface area (Å²) in [6.07, 6.45) is 0.760. The molecule has 3 N–H and O–H groups in total. The number of nitrogens with one attached hydrogen (secondary N) is 2. The lowest BCUT2D eigenvalue weighted by molar-refractivity contribution is 0.478. The topological polar surface area (TPSA) is 99.3 Å². The van der Waals surface area contributed by atoms with Crippen molar-refractivity contribution in [1.82, 2.24) is 9.71 Å². The summed E-state index contributed by atoms with van der Waals surface area (Å²) in [7, 11) is -3.60. The van der Waals surface area contributed by atoms with Crippen molar-refractivity contribution in [3.05, 3.63) is 58.2 Å². The minimum absolute atomic E-state index is 0.0627. The average Bonchev–Trinajstić information content (AvgIpc) is 3.19. The Morgan fingerprint density at radius 2 is 1.83 bits per heavy atom. The number of H-pyrrole nitrogens is 1. The van der Waals surface area contributed by atoms with Crippen LogP contribution in [0.1, 0.15) is 20.3 Å². The van der Waals surface area contributed by atoms with Crippen molar-refractivity contribution in [2.75, 3.05) is 6.54 Å². The van der Waals surface area contributed by atoms with E-state index in [9.17, 15) is 18.3 Å². The van der Waals surface area contributed by atoms with E-state index in [0.717, 1.165) is 17.2 Å². The van der Waals surface area contributed by atoms with E-state index in [2.05, 4.69) is 9.71 Å². The fourth-order valence-electron chi connectivity index (χ4n) is 3.49. The molecule has 0 spiro atoms. The molecule has 30 heavy (non-hydrogen) atoms. The second kappa shape index (κ2) is 7.86. The molecular formula is C22H22N2O4S2. The van der Waals surface area contributed by atoms with Crippen LogP contribution in [0, 0.1) is 5.92 Å². The third-order valence-corrected chi connectivity index (χ3v) is 7.43. The van der Waals surface area contributed by atoms with Gasteiger partial charge in [0.25, 0.3) is 5.56 Å². The number of aromatic hydroxyl groups is 1. The van der Waals surface area contributed by atoms with Crippen molar-refractivity contribution < 1.29 is 13.5 Å². The zero-order valence-electron chi connectivity index (χ0n) is 16.6. The minimum atomic E-state index is -3.60. The lowest BCUT2D eigenvalue weighted by atomic mass is 9.97. The number of pyridine rings is 1. The summed E-state index contributed by atoms with van der Waals surface area (Å²) in [5.74, 6) is 0.470. The molecule has 0 radical (unpaired) electrons. The van der Waals surface area contributed by atoms with Gasteiger partial charge in [0, 0.05) is 28.4 Å². The second-order valence-electron chi connectivity index (χ2n) is 7.60. The van der Waals surface area contributed by atoms with E-state index in [-0.39, 0.29) is 16.2 Å². The molecule has 0 aliphatic carbocycles. The summed E-state index contributed by atoms with van der Waals surface area (Å²) < 4.78 is 28.2. The van der Waals surface area contributed by atoms with Crippen LogP contribution in [0.25, 0.3) is 32.1 Å². The molecule has 0 saturated carbocycles. The van der Waals surface area contributed by atoms with E-state index in [1.807, 2.05) is 25.3 Å². The van der Waals surface area contributed by atoms with Crippen molar-refractivity contribution in [1.29, 1.82) is 0 Å². The predicted octanol–water partition coefficient (Wildman–Crippen LogP) is 4.44. The lowest BCUT2D eigenvalue weighted by Gasteiger charge is -2.12. The fourth-order valence-corrected chi connectivity index (χ4v) is 5.34. The first-order valence-electron chi connectivity index (χ1n) is 9.63. The van der Waals surface area contributed by atoms with Gasteiger partial charge in [0.2, 0.25) is 10.0 Å². The van der Waals surface area contributed by atoms with Gasteiger partial charge in [-0.2, -0.15) is 0 Å². The maximum absolute atomic E-state index is 12.5. The molecule has 0 bridgehead atoms. The van der Waals surface area contributed by atoms with Crippen LogP contribution in [0.2, 0.25) is 0 Å². The van der Waals surface area contributed by atoms with Gasteiger partial charge in [-0.05, 0) is 53.6 Å². The molecule has 156 valence electrons. The number of sulfonamides is 1. The summed E-state index contributed by atoms with van der Waals surface area (Å²) >= 11 is 1.34. The lowest BCUT2D eigenvalue weighted by Crippen LogP contribution is -2.25. The Hall–Kier alpha value is -2.68. The van der Waals surface area contributed by atoms with Crippen LogP contribution >= 0.6 is 11.3 Å². The maximum atomic E-state index is 12.5. The first-order chi connectivity index (χ1) is 14.3. The molecule has 2 heterocycles. The van der Waals surface area contributed by atoms with Gasteiger partial charge in [0.15, 0.2) is 0 Å². The van der Waals surface area contributed by atoms with Crippen LogP contribution in [0.4, 0.5) is 0 Å². The number of hydrogen-bond donors (Lipinski definition) is 3. The summed E-state index contributed by atoms with van der Waals surface area (Å²) in [5, 5.41) is 13.9. The number of aromatic amines is 1. The normalized spacial score (nSPS) is 12.2. The second-order valence-corrected chi connectivity index (χ2v) is 10.3. The highest BCUT2D eigenvalue weighted by Gasteiger charge is 2.17. The zero-order chi connectivity index (χ0) is 21.5. The molecule has 6 nitrogen and oxygen atoms in total. The highest BCUT2D eigenvalue weighted by atomic mass is 32.2. The molecule has 4 aromatic rings. The molecule has 0 amide bonds. The molecule has 0 unspecified atom stereocenters.